The minimum atomic E-state index is -0.744. The van der Waals surface area contributed by atoms with Gasteiger partial charge in [0.15, 0.2) is 0 Å². The van der Waals surface area contributed by atoms with Gasteiger partial charge in [-0.05, 0) is 24.6 Å². The first-order chi connectivity index (χ1) is 9.65. The summed E-state index contributed by atoms with van der Waals surface area (Å²) >= 11 is 12.4. The van der Waals surface area contributed by atoms with Crippen LogP contribution in [0.2, 0.25) is 10.0 Å². The molecule has 0 radical (unpaired) electrons. The van der Waals surface area contributed by atoms with Crippen molar-refractivity contribution in [2.45, 2.75) is 32.2 Å². The second kappa shape index (κ2) is 7.00. The summed E-state index contributed by atoms with van der Waals surface area (Å²) < 4.78 is 0. The summed E-state index contributed by atoms with van der Waals surface area (Å²) in [4.78, 5) is 22.6. The van der Waals surface area contributed by atoms with E-state index in [-0.39, 0.29) is 5.91 Å². The number of urea groups is 1. The molecule has 1 atom stereocenters. The molecule has 0 heterocycles. The van der Waals surface area contributed by atoms with Crippen molar-refractivity contribution in [2.24, 2.45) is 5.73 Å². The Morgan fingerprint density at radius 3 is 2.29 bits per heavy atom. The van der Waals surface area contributed by atoms with Crippen LogP contribution in [0.1, 0.15) is 26.3 Å². The van der Waals surface area contributed by atoms with Crippen LogP contribution < -0.4 is 16.4 Å². The molecule has 4 N–H and O–H groups in total. The summed E-state index contributed by atoms with van der Waals surface area (Å²) in [6.45, 7) is 5.72. The van der Waals surface area contributed by atoms with Crippen LogP contribution in [0.4, 0.5) is 4.79 Å². The summed E-state index contributed by atoms with van der Waals surface area (Å²) in [7, 11) is 0. The third kappa shape index (κ3) is 4.79. The highest BCUT2D eigenvalue weighted by Crippen LogP contribution is 2.35. The number of amides is 3. The molecule has 1 aromatic carbocycles. The minimum Gasteiger partial charge on any atom is -0.353 e. The van der Waals surface area contributed by atoms with Gasteiger partial charge in [-0.25, -0.2) is 4.79 Å². The normalized spacial score (nSPS) is 12.6. The summed E-state index contributed by atoms with van der Waals surface area (Å²) in [5, 5.41) is 6.16. The molecule has 0 aliphatic heterocycles. The van der Waals surface area contributed by atoms with E-state index in [4.69, 9.17) is 28.9 Å². The molecule has 0 aliphatic carbocycles. The van der Waals surface area contributed by atoms with E-state index in [1.165, 1.54) is 0 Å². The third-order valence-electron chi connectivity index (χ3n) is 3.10. The number of rotatable bonds is 5. The Morgan fingerprint density at radius 2 is 1.81 bits per heavy atom. The van der Waals surface area contributed by atoms with E-state index in [9.17, 15) is 9.59 Å². The smallest absolute Gasteiger partial charge is 0.312 e. The molecule has 7 heteroatoms. The molecule has 0 fully saturated rings. The average molecular weight is 332 g/mol. The lowest BCUT2D eigenvalue weighted by Crippen LogP contribution is -2.49. The summed E-state index contributed by atoms with van der Waals surface area (Å²) in [5.74, 6) is -0.329. The summed E-state index contributed by atoms with van der Waals surface area (Å²) in [6, 6.07) is 3.82. The van der Waals surface area contributed by atoms with E-state index in [1.54, 1.807) is 25.1 Å². The Morgan fingerprint density at radius 1 is 1.29 bits per heavy atom. The first-order valence-corrected chi connectivity index (χ1v) is 7.19. The topological polar surface area (TPSA) is 84.2 Å². The van der Waals surface area contributed by atoms with Crippen molar-refractivity contribution in [1.29, 1.82) is 0 Å². The van der Waals surface area contributed by atoms with Gasteiger partial charge in [0.05, 0.1) is 0 Å². The van der Waals surface area contributed by atoms with E-state index >= 15 is 0 Å². The van der Waals surface area contributed by atoms with Crippen molar-refractivity contribution in [2.75, 3.05) is 6.54 Å². The van der Waals surface area contributed by atoms with Crippen LogP contribution in [-0.2, 0) is 10.2 Å². The fraction of sp³-hybridized carbons (Fsp3) is 0.429. The molecule has 0 aromatic heterocycles. The number of primary amides is 1. The number of hydrogen-bond acceptors (Lipinski definition) is 2. The number of benzene rings is 1. The number of carbonyl (C=O) groups excluding carboxylic acids is 2. The molecular weight excluding hydrogens is 313 g/mol. The highest BCUT2D eigenvalue weighted by molar-refractivity contribution is 6.36. The van der Waals surface area contributed by atoms with Gasteiger partial charge >= 0.3 is 6.03 Å². The van der Waals surface area contributed by atoms with Crippen LogP contribution in [0, 0.1) is 0 Å². The predicted molar refractivity (Wildman–Crippen MR) is 84.7 cm³/mol. The van der Waals surface area contributed by atoms with Crippen molar-refractivity contribution in [3.63, 3.8) is 0 Å². The Hall–Kier alpha value is -1.46. The lowest BCUT2D eigenvalue weighted by Gasteiger charge is -2.28. The van der Waals surface area contributed by atoms with Crippen molar-refractivity contribution in [3.05, 3.63) is 33.8 Å². The summed E-state index contributed by atoms with van der Waals surface area (Å²) in [6.07, 6.45) is 0. The average Bonchev–Trinajstić information content (AvgIpc) is 2.34. The molecule has 0 bridgehead atoms. The van der Waals surface area contributed by atoms with Gasteiger partial charge in [-0.15, -0.1) is 0 Å². The number of nitrogens with one attached hydrogen (secondary N) is 2. The van der Waals surface area contributed by atoms with Crippen LogP contribution in [-0.4, -0.2) is 24.5 Å². The molecule has 1 aromatic rings. The molecule has 1 rings (SSSR count). The molecule has 5 nitrogen and oxygen atoms in total. The molecule has 0 aliphatic rings. The van der Waals surface area contributed by atoms with Crippen LogP contribution in [0.3, 0.4) is 0 Å². The Kier molecular flexibility index (Phi) is 5.87. The lowest BCUT2D eigenvalue weighted by molar-refractivity contribution is -0.122. The fourth-order valence-electron chi connectivity index (χ4n) is 1.97. The van der Waals surface area contributed by atoms with Gasteiger partial charge in [-0.2, -0.15) is 0 Å². The van der Waals surface area contributed by atoms with Gasteiger partial charge in [0, 0.05) is 22.0 Å². The number of hydrogen-bond donors (Lipinski definition) is 3. The van der Waals surface area contributed by atoms with Crippen LogP contribution in [0.15, 0.2) is 18.2 Å². The van der Waals surface area contributed by atoms with Gasteiger partial charge in [0.2, 0.25) is 5.91 Å². The quantitative estimate of drug-likeness (QED) is 0.774. The zero-order valence-electron chi connectivity index (χ0n) is 12.2. The monoisotopic (exact) mass is 331 g/mol. The number of halogens is 2. The van der Waals surface area contributed by atoms with E-state index < -0.39 is 17.5 Å². The molecule has 0 saturated heterocycles. The molecular formula is C14H19Cl2N3O2. The highest BCUT2D eigenvalue weighted by Gasteiger charge is 2.27. The van der Waals surface area contributed by atoms with Gasteiger partial charge in [-0.3, -0.25) is 4.79 Å². The number of nitrogens with two attached hydrogens (primary N) is 1. The zero-order chi connectivity index (χ0) is 16.2. The second-order valence-electron chi connectivity index (χ2n) is 5.43. The molecule has 3 amide bonds. The summed E-state index contributed by atoms with van der Waals surface area (Å²) in [5.41, 5.74) is 5.29. The van der Waals surface area contributed by atoms with E-state index in [1.807, 2.05) is 13.8 Å². The van der Waals surface area contributed by atoms with E-state index in [0.29, 0.717) is 16.6 Å². The highest BCUT2D eigenvalue weighted by atomic mass is 35.5. The van der Waals surface area contributed by atoms with Crippen LogP contribution >= 0.6 is 23.2 Å². The van der Waals surface area contributed by atoms with E-state index in [2.05, 4.69) is 10.6 Å². The second-order valence-corrected chi connectivity index (χ2v) is 6.24. The van der Waals surface area contributed by atoms with Crippen molar-refractivity contribution in [3.8, 4) is 0 Å². The molecule has 0 unspecified atom stereocenters. The number of carbonyl (C=O) groups is 2. The Bertz CT molecular complexity index is 527. The Labute approximate surface area is 134 Å². The van der Waals surface area contributed by atoms with E-state index in [0.717, 1.165) is 5.56 Å². The van der Waals surface area contributed by atoms with Gasteiger partial charge in [0.25, 0.3) is 0 Å². The molecule has 116 valence electrons. The predicted octanol–water partition coefficient (Wildman–Crippen LogP) is 2.44. The molecule has 0 saturated carbocycles. The van der Waals surface area contributed by atoms with Crippen LogP contribution in [0.5, 0.6) is 0 Å². The first-order valence-electron chi connectivity index (χ1n) is 6.43. The van der Waals surface area contributed by atoms with Gasteiger partial charge in [-0.1, -0.05) is 43.1 Å². The third-order valence-corrected chi connectivity index (χ3v) is 3.73. The lowest BCUT2D eigenvalue weighted by atomic mass is 9.84. The van der Waals surface area contributed by atoms with Crippen molar-refractivity contribution < 1.29 is 9.59 Å². The van der Waals surface area contributed by atoms with Gasteiger partial charge < -0.3 is 16.4 Å². The van der Waals surface area contributed by atoms with Crippen molar-refractivity contribution in [1.82, 2.24) is 10.6 Å². The van der Waals surface area contributed by atoms with Crippen LogP contribution in [0.25, 0.3) is 0 Å². The maximum atomic E-state index is 11.9. The molecule has 0 spiro atoms. The maximum absolute atomic E-state index is 11.9. The van der Waals surface area contributed by atoms with Gasteiger partial charge in [0.1, 0.15) is 6.04 Å². The maximum Gasteiger partial charge on any atom is 0.312 e. The first kappa shape index (κ1) is 17.6. The fourth-order valence-corrected chi connectivity index (χ4v) is 2.88. The zero-order valence-corrected chi connectivity index (χ0v) is 13.7. The largest absolute Gasteiger partial charge is 0.353 e. The SMILES string of the molecule is C[C@@H](NC(N)=O)C(=O)NCC(C)(C)c1c(Cl)cccc1Cl. The Balaban J connectivity index is 2.77. The standard InChI is InChI=1S/C14H19Cl2N3O2/c1-8(19-13(17)21)12(20)18-7-14(2,3)11-9(15)5-4-6-10(11)16/h4-6,8H,7H2,1-3H3,(H,18,20)(H3,17,19,21)/t8-/m1/s1. The minimum absolute atomic E-state index is 0.320. The van der Waals surface area contributed by atoms with Crippen molar-refractivity contribution >= 4 is 35.1 Å². The molecule has 21 heavy (non-hydrogen) atoms.